The summed E-state index contributed by atoms with van der Waals surface area (Å²) in [7, 11) is 0. The van der Waals surface area contributed by atoms with E-state index < -0.39 is 11.9 Å². The maximum Gasteiger partial charge on any atom is 0.344 e. The van der Waals surface area contributed by atoms with Crippen LogP contribution in [0.4, 0.5) is 0 Å². The SMILES string of the molecule is CCOC(=O)COc1ccc(C(=O)CN2C=C3C=CC(C#N)C(=O)C3C2)c(OCC)c1. The van der Waals surface area contributed by atoms with Gasteiger partial charge in [-0.15, -0.1) is 0 Å². The van der Waals surface area contributed by atoms with Crippen molar-refractivity contribution in [3.8, 4) is 17.6 Å². The summed E-state index contributed by atoms with van der Waals surface area (Å²) in [6, 6.07) is 6.76. The molecule has 3 rings (SSSR count). The van der Waals surface area contributed by atoms with Crippen LogP contribution in [0, 0.1) is 23.2 Å². The Morgan fingerprint density at radius 3 is 2.74 bits per heavy atom. The smallest absolute Gasteiger partial charge is 0.344 e. The quantitative estimate of drug-likeness (QED) is 0.439. The number of allylic oxidation sites excluding steroid dienone is 2. The Morgan fingerprint density at radius 1 is 1.23 bits per heavy atom. The van der Waals surface area contributed by atoms with E-state index in [9.17, 15) is 14.4 Å². The molecule has 0 saturated carbocycles. The van der Waals surface area contributed by atoms with Crippen LogP contribution in [0.5, 0.6) is 11.5 Å². The van der Waals surface area contributed by atoms with Gasteiger partial charge in [-0.25, -0.2) is 4.79 Å². The monoisotopic (exact) mass is 424 g/mol. The molecule has 0 saturated heterocycles. The summed E-state index contributed by atoms with van der Waals surface area (Å²) < 4.78 is 15.9. The third kappa shape index (κ3) is 5.12. The van der Waals surface area contributed by atoms with Crippen LogP contribution in [0.1, 0.15) is 24.2 Å². The number of nitriles is 1. The molecule has 0 radical (unpaired) electrons. The molecule has 1 aliphatic heterocycles. The highest BCUT2D eigenvalue weighted by atomic mass is 16.6. The lowest BCUT2D eigenvalue weighted by Gasteiger charge is -2.20. The number of Topliss-reactive ketones (excluding diaryl/α,β-unsaturated/α-hetero) is 2. The first kappa shape index (κ1) is 22.1. The number of carbonyl (C=O) groups excluding carboxylic acids is 3. The first-order valence-electron chi connectivity index (χ1n) is 10.1. The summed E-state index contributed by atoms with van der Waals surface area (Å²) in [5.74, 6) is -1.16. The summed E-state index contributed by atoms with van der Waals surface area (Å²) in [6.07, 6.45) is 5.17. The van der Waals surface area contributed by atoms with E-state index in [1.54, 1.807) is 55.3 Å². The van der Waals surface area contributed by atoms with Gasteiger partial charge in [-0.3, -0.25) is 9.59 Å². The van der Waals surface area contributed by atoms with Crippen LogP contribution in [0.25, 0.3) is 0 Å². The molecule has 1 aromatic rings. The molecule has 162 valence electrons. The van der Waals surface area contributed by atoms with Gasteiger partial charge in [0, 0.05) is 18.8 Å². The van der Waals surface area contributed by atoms with Gasteiger partial charge in [0.2, 0.25) is 0 Å². The second-order valence-corrected chi connectivity index (χ2v) is 7.09. The van der Waals surface area contributed by atoms with Crippen LogP contribution in [0.15, 0.2) is 42.1 Å². The fourth-order valence-corrected chi connectivity index (χ4v) is 3.55. The highest BCUT2D eigenvalue weighted by molar-refractivity contribution is 6.00. The number of fused-ring (bicyclic) bond motifs is 1. The Balaban J connectivity index is 1.68. The van der Waals surface area contributed by atoms with Crippen LogP contribution >= 0.6 is 0 Å². The first-order valence-corrected chi connectivity index (χ1v) is 10.1. The van der Waals surface area contributed by atoms with Crippen molar-refractivity contribution in [1.82, 2.24) is 4.90 Å². The summed E-state index contributed by atoms with van der Waals surface area (Å²) in [5, 5.41) is 9.08. The van der Waals surface area contributed by atoms with Gasteiger partial charge < -0.3 is 19.1 Å². The van der Waals surface area contributed by atoms with Crippen molar-refractivity contribution in [1.29, 1.82) is 5.26 Å². The second kappa shape index (κ2) is 9.94. The summed E-state index contributed by atoms with van der Waals surface area (Å²) >= 11 is 0. The number of ketones is 2. The Bertz CT molecular complexity index is 975. The predicted molar refractivity (Wildman–Crippen MR) is 110 cm³/mol. The molecule has 0 bridgehead atoms. The molecule has 0 N–H and O–H groups in total. The van der Waals surface area contributed by atoms with Gasteiger partial charge in [0.1, 0.15) is 17.4 Å². The normalized spacial score (nSPS) is 19.3. The van der Waals surface area contributed by atoms with Crippen LogP contribution in [-0.2, 0) is 14.3 Å². The number of esters is 1. The lowest BCUT2D eigenvalue weighted by atomic mass is 9.84. The van der Waals surface area contributed by atoms with Gasteiger partial charge in [-0.2, -0.15) is 5.26 Å². The van der Waals surface area contributed by atoms with Crippen molar-refractivity contribution >= 4 is 17.5 Å². The van der Waals surface area contributed by atoms with Gasteiger partial charge in [0.05, 0.1) is 37.3 Å². The highest BCUT2D eigenvalue weighted by Crippen LogP contribution is 2.31. The molecular formula is C23H24N2O6. The lowest BCUT2D eigenvalue weighted by molar-refractivity contribution is -0.145. The standard InChI is InChI=1S/C23H24N2O6/c1-3-29-21-9-17(31-14-22(27)30-4-2)7-8-18(21)20(26)13-25-11-16-6-5-15(10-24)23(28)19(16)12-25/h5-9,11,15,19H,3-4,12-14H2,1-2H3. The Labute approximate surface area is 180 Å². The van der Waals surface area contributed by atoms with Crippen molar-refractivity contribution < 1.29 is 28.6 Å². The molecule has 2 atom stereocenters. The molecule has 1 aromatic carbocycles. The molecule has 8 nitrogen and oxygen atoms in total. The van der Waals surface area contributed by atoms with Crippen molar-refractivity contribution in [3.05, 3.63) is 47.7 Å². The van der Waals surface area contributed by atoms with Crippen molar-refractivity contribution in [3.63, 3.8) is 0 Å². The van der Waals surface area contributed by atoms with Gasteiger partial charge in [0.25, 0.3) is 0 Å². The van der Waals surface area contributed by atoms with Crippen LogP contribution in [0.3, 0.4) is 0 Å². The summed E-state index contributed by atoms with van der Waals surface area (Å²) in [5.41, 5.74) is 1.20. The molecule has 8 heteroatoms. The molecule has 31 heavy (non-hydrogen) atoms. The van der Waals surface area contributed by atoms with E-state index in [1.807, 2.05) is 6.07 Å². The average Bonchev–Trinajstić information content (AvgIpc) is 3.16. The fraction of sp³-hybridized carbons (Fsp3) is 0.391. The molecule has 0 aromatic heterocycles. The zero-order valence-corrected chi connectivity index (χ0v) is 17.5. The second-order valence-electron chi connectivity index (χ2n) is 7.09. The largest absolute Gasteiger partial charge is 0.493 e. The summed E-state index contributed by atoms with van der Waals surface area (Å²) in [6.45, 7) is 4.34. The predicted octanol–water partition coefficient (Wildman–Crippen LogP) is 2.30. The van der Waals surface area contributed by atoms with E-state index in [-0.39, 0.29) is 37.2 Å². The van der Waals surface area contributed by atoms with E-state index in [2.05, 4.69) is 0 Å². The van der Waals surface area contributed by atoms with E-state index in [0.717, 1.165) is 5.57 Å². The zero-order valence-electron chi connectivity index (χ0n) is 17.5. The fourth-order valence-electron chi connectivity index (χ4n) is 3.55. The number of rotatable bonds is 9. The van der Waals surface area contributed by atoms with Crippen LogP contribution < -0.4 is 9.47 Å². The van der Waals surface area contributed by atoms with Crippen molar-refractivity contribution in [2.45, 2.75) is 13.8 Å². The van der Waals surface area contributed by atoms with Crippen LogP contribution in [-0.4, -0.2) is 55.3 Å². The first-order chi connectivity index (χ1) is 15.0. The molecule has 0 fully saturated rings. The van der Waals surface area contributed by atoms with Crippen LogP contribution in [0.2, 0.25) is 0 Å². The van der Waals surface area contributed by atoms with E-state index in [4.69, 9.17) is 19.5 Å². The molecule has 2 aliphatic rings. The Kier molecular flexibility index (Phi) is 7.08. The minimum absolute atomic E-state index is 0.0709. The number of nitrogens with zero attached hydrogens (tertiary/aromatic N) is 2. The number of carbonyl (C=O) groups is 3. The highest BCUT2D eigenvalue weighted by Gasteiger charge is 2.36. The van der Waals surface area contributed by atoms with Gasteiger partial charge in [-0.05, 0) is 31.6 Å². The minimum atomic E-state index is -0.732. The molecule has 1 aliphatic carbocycles. The maximum absolute atomic E-state index is 12.9. The Morgan fingerprint density at radius 2 is 2.03 bits per heavy atom. The minimum Gasteiger partial charge on any atom is -0.493 e. The summed E-state index contributed by atoms with van der Waals surface area (Å²) in [4.78, 5) is 38.6. The average molecular weight is 424 g/mol. The molecule has 1 heterocycles. The van der Waals surface area contributed by atoms with Crippen molar-refractivity contribution in [2.75, 3.05) is 32.9 Å². The maximum atomic E-state index is 12.9. The zero-order chi connectivity index (χ0) is 22.4. The lowest BCUT2D eigenvalue weighted by Crippen LogP contribution is -2.32. The number of ether oxygens (including phenoxy) is 3. The number of hydrogen-bond donors (Lipinski definition) is 0. The Hall–Kier alpha value is -3.60. The third-order valence-corrected chi connectivity index (χ3v) is 4.98. The van der Waals surface area contributed by atoms with E-state index >= 15 is 0 Å². The van der Waals surface area contributed by atoms with Gasteiger partial charge in [-0.1, -0.05) is 12.2 Å². The van der Waals surface area contributed by atoms with Gasteiger partial charge >= 0.3 is 5.97 Å². The number of hydrogen-bond acceptors (Lipinski definition) is 8. The van der Waals surface area contributed by atoms with Gasteiger partial charge in [0.15, 0.2) is 18.2 Å². The number of benzene rings is 1. The molecule has 0 spiro atoms. The van der Waals surface area contributed by atoms with E-state index in [1.165, 1.54) is 0 Å². The van der Waals surface area contributed by atoms with Crippen molar-refractivity contribution in [2.24, 2.45) is 11.8 Å². The molecular weight excluding hydrogens is 400 g/mol. The molecule has 0 amide bonds. The van der Waals surface area contributed by atoms with E-state index in [0.29, 0.717) is 30.2 Å². The topological polar surface area (TPSA) is 106 Å². The third-order valence-electron chi connectivity index (χ3n) is 4.98. The molecule has 2 unspecified atom stereocenters.